The normalized spacial score (nSPS) is 17.4. The largest absolute Gasteiger partial charge is 0.478 e. The predicted octanol–water partition coefficient (Wildman–Crippen LogP) is 1.37. The molecule has 0 fully saturated rings. The number of carboxylic acids is 1. The van der Waals surface area contributed by atoms with E-state index in [9.17, 15) is 19.7 Å². The van der Waals surface area contributed by atoms with Gasteiger partial charge in [0, 0.05) is 15.9 Å². The molecule has 96 valence electrons. The van der Waals surface area contributed by atoms with Crippen molar-refractivity contribution in [1.29, 1.82) is 0 Å². The van der Waals surface area contributed by atoms with E-state index < -0.39 is 28.6 Å². The van der Waals surface area contributed by atoms with Gasteiger partial charge in [-0.2, -0.15) is 0 Å². The van der Waals surface area contributed by atoms with Crippen LogP contribution in [0, 0.1) is 15.5 Å². The number of carbonyl (C=O) groups is 2. The average Bonchev–Trinajstić information content (AvgIpc) is 2.35. The molecule has 6 nitrogen and oxygen atoms in total. The maximum Gasteiger partial charge on any atom is 0.336 e. The van der Waals surface area contributed by atoms with Crippen molar-refractivity contribution in [3.8, 4) is 0 Å². The molecule has 6 heteroatoms. The lowest BCUT2D eigenvalue weighted by molar-refractivity contribution is -0.466. The number of hydrogen-bond donors (Lipinski definition) is 1. The number of hydrogen-bond acceptors (Lipinski definition) is 4. The third kappa shape index (κ3) is 3.38. The average molecular weight is 251 g/mol. The van der Waals surface area contributed by atoms with Gasteiger partial charge in [0.05, 0.1) is 5.57 Å². The van der Waals surface area contributed by atoms with Crippen LogP contribution in [-0.2, 0) is 9.59 Å². The van der Waals surface area contributed by atoms with Crippen LogP contribution in [0.2, 0.25) is 0 Å². The maximum atomic E-state index is 11.6. The molecule has 1 aliphatic rings. The maximum absolute atomic E-state index is 11.6. The van der Waals surface area contributed by atoms with Crippen molar-refractivity contribution in [2.75, 3.05) is 6.54 Å². The fraction of sp³-hybridized carbons (Fsp3) is 0.333. The Labute approximate surface area is 103 Å². The molecule has 1 aliphatic carbocycles. The van der Waals surface area contributed by atoms with Gasteiger partial charge in [-0.25, -0.2) is 4.79 Å². The van der Waals surface area contributed by atoms with Crippen molar-refractivity contribution in [2.45, 2.75) is 13.8 Å². The monoisotopic (exact) mass is 251 g/mol. The van der Waals surface area contributed by atoms with Gasteiger partial charge in [-0.3, -0.25) is 14.9 Å². The Hall–Kier alpha value is -2.24. The minimum Gasteiger partial charge on any atom is -0.478 e. The van der Waals surface area contributed by atoms with Crippen LogP contribution in [-0.4, -0.2) is 28.3 Å². The number of allylic oxidation sites excluding steroid dienone is 4. The van der Waals surface area contributed by atoms with Gasteiger partial charge in [-0.15, -0.1) is 0 Å². The van der Waals surface area contributed by atoms with E-state index in [1.807, 2.05) is 0 Å². The van der Waals surface area contributed by atoms with E-state index in [-0.39, 0.29) is 11.1 Å². The third-order valence-corrected chi connectivity index (χ3v) is 2.40. The van der Waals surface area contributed by atoms with Crippen molar-refractivity contribution < 1.29 is 19.6 Å². The van der Waals surface area contributed by atoms with Gasteiger partial charge >= 0.3 is 5.97 Å². The van der Waals surface area contributed by atoms with E-state index in [1.54, 1.807) is 26.0 Å². The molecule has 0 bridgehead atoms. The fourth-order valence-electron chi connectivity index (χ4n) is 1.60. The van der Waals surface area contributed by atoms with Crippen LogP contribution in [0.15, 0.2) is 35.5 Å². The van der Waals surface area contributed by atoms with Gasteiger partial charge in [0.2, 0.25) is 5.78 Å². The van der Waals surface area contributed by atoms with E-state index in [1.165, 1.54) is 12.2 Å². The minimum atomic E-state index is -1.27. The number of carboxylic acid groups (broad SMARTS) is 1. The molecule has 1 rings (SSSR count). The number of Topliss-reactive ketones (excluding diaryl/α,β-unsaturated/α-hetero) is 1. The Balaban J connectivity index is 3.20. The second-order valence-corrected chi connectivity index (χ2v) is 4.54. The van der Waals surface area contributed by atoms with E-state index in [0.29, 0.717) is 0 Å². The standard InChI is InChI=1S/C12H13NO5/c1-12(2)5-3-4-8(9(6-12)11(15)16)10(14)7-13(17)18/h3-6H,7H2,1-2H3,(H,15,16). The zero-order valence-electron chi connectivity index (χ0n) is 10.0. The Morgan fingerprint density at radius 3 is 2.50 bits per heavy atom. The first-order valence-corrected chi connectivity index (χ1v) is 5.24. The van der Waals surface area contributed by atoms with E-state index >= 15 is 0 Å². The summed E-state index contributed by atoms with van der Waals surface area (Å²) in [5, 5.41) is 19.4. The van der Waals surface area contributed by atoms with E-state index in [4.69, 9.17) is 5.11 Å². The first kappa shape index (κ1) is 13.8. The molecule has 0 aromatic heterocycles. The highest BCUT2D eigenvalue weighted by molar-refractivity contribution is 6.10. The number of nitro groups is 1. The fourth-order valence-corrected chi connectivity index (χ4v) is 1.60. The molecule has 0 spiro atoms. The summed E-state index contributed by atoms with van der Waals surface area (Å²) in [4.78, 5) is 32.3. The van der Waals surface area contributed by atoms with Crippen LogP contribution < -0.4 is 0 Å². The summed E-state index contributed by atoms with van der Waals surface area (Å²) in [5.41, 5.74) is -0.862. The molecule has 0 unspecified atom stereocenters. The molecule has 0 aromatic rings. The quantitative estimate of drug-likeness (QED) is 0.601. The van der Waals surface area contributed by atoms with Crippen LogP contribution >= 0.6 is 0 Å². The highest BCUT2D eigenvalue weighted by atomic mass is 16.6. The predicted molar refractivity (Wildman–Crippen MR) is 63.6 cm³/mol. The van der Waals surface area contributed by atoms with E-state index in [2.05, 4.69) is 0 Å². The summed E-state index contributed by atoms with van der Waals surface area (Å²) >= 11 is 0. The lowest BCUT2D eigenvalue weighted by Gasteiger charge is -2.14. The first-order valence-electron chi connectivity index (χ1n) is 5.24. The van der Waals surface area contributed by atoms with Gasteiger partial charge in [0.25, 0.3) is 6.54 Å². The molecule has 0 radical (unpaired) electrons. The van der Waals surface area contributed by atoms with Crippen molar-refractivity contribution in [1.82, 2.24) is 0 Å². The zero-order valence-corrected chi connectivity index (χ0v) is 10.0. The van der Waals surface area contributed by atoms with Crippen molar-refractivity contribution in [2.24, 2.45) is 5.41 Å². The SMILES string of the molecule is CC1(C)C=CC=C(C(=O)C[N+](=O)[O-])C(C(=O)O)=C1. The van der Waals surface area contributed by atoms with Crippen LogP contribution in [0.4, 0.5) is 0 Å². The Bertz CT molecular complexity index is 497. The zero-order chi connectivity index (χ0) is 13.9. The second-order valence-electron chi connectivity index (χ2n) is 4.54. The molecular weight excluding hydrogens is 238 g/mol. The number of ketones is 1. The van der Waals surface area contributed by atoms with Crippen LogP contribution in [0.25, 0.3) is 0 Å². The molecule has 0 atom stereocenters. The molecule has 0 amide bonds. The molecular formula is C12H13NO5. The smallest absolute Gasteiger partial charge is 0.336 e. The Morgan fingerprint density at radius 2 is 2.00 bits per heavy atom. The number of rotatable bonds is 4. The van der Waals surface area contributed by atoms with Crippen molar-refractivity contribution in [3.63, 3.8) is 0 Å². The first-order chi connectivity index (χ1) is 8.23. The van der Waals surface area contributed by atoms with Gasteiger partial charge in [0.1, 0.15) is 0 Å². The Morgan fingerprint density at radius 1 is 1.39 bits per heavy atom. The number of nitrogens with zero attached hydrogens (tertiary/aromatic N) is 1. The number of aliphatic carboxylic acids is 1. The molecule has 0 aromatic carbocycles. The summed E-state index contributed by atoms with van der Waals surface area (Å²) in [6.45, 7) is 2.65. The molecule has 18 heavy (non-hydrogen) atoms. The Kier molecular flexibility index (Phi) is 3.80. The van der Waals surface area contributed by atoms with E-state index in [0.717, 1.165) is 0 Å². The summed E-state index contributed by atoms with van der Waals surface area (Å²) < 4.78 is 0. The third-order valence-electron chi connectivity index (χ3n) is 2.40. The molecule has 1 N–H and O–H groups in total. The molecule has 0 saturated heterocycles. The lowest BCUT2D eigenvalue weighted by atomic mass is 9.89. The van der Waals surface area contributed by atoms with Gasteiger partial charge in [-0.05, 0) is 0 Å². The summed E-state index contributed by atoms with van der Waals surface area (Å²) in [5.74, 6) is -2.08. The highest BCUT2D eigenvalue weighted by Gasteiger charge is 2.27. The van der Waals surface area contributed by atoms with Gasteiger partial charge in [-0.1, -0.05) is 38.2 Å². The number of carbonyl (C=O) groups excluding carboxylic acids is 1. The van der Waals surface area contributed by atoms with Crippen molar-refractivity contribution >= 4 is 11.8 Å². The minimum absolute atomic E-state index is 0.138. The van der Waals surface area contributed by atoms with Crippen molar-refractivity contribution in [3.05, 3.63) is 45.6 Å². The molecule has 0 heterocycles. The molecule has 0 saturated carbocycles. The summed E-state index contributed by atoms with van der Waals surface area (Å²) in [7, 11) is 0. The molecule has 0 aliphatic heterocycles. The topological polar surface area (TPSA) is 97.5 Å². The lowest BCUT2D eigenvalue weighted by Crippen LogP contribution is -2.20. The van der Waals surface area contributed by atoms with Crippen LogP contribution in [0.1, 0.15) is 13.8 Å². The van der Waals surface area contributed by atoms with Crippen LogP contribution in [0.3, 0.4) is 0 Å². The highest BCUT2D eigenvalue weighted by Crippen LogP contribution is 2.27. The summed E-state index contributed by atoms with van der Waals surface area (Å²) in [6, 6.07) is 0. The van der Waals surface area contributed by atoms with Gasteiger partial charge in [0.15, 0.2) is 0 Å². The second kappa shape index (κ2) is 4.95. The van der Waals surface area contributed by atoms with Crippen LogP contribution in [0.5, 0.6) is 0 Å². The van der Waals surface area contributed by atoms with Gasteiger partial charge < -0.3 is 5.11 Å². The summed E-state index contributed by atoms with van der Waals surface area (Å²) in [6.07, 6.45) is 5.99.